The SMILES string of the molecule is CCN(c1ccnc(N)n1)c1ccc(C(N)=O)cc1C=C(C)C. The maximum absolute atomic E-state index is 11.5. The van der Waals surface area contributed by atoms with Crippen LogP contribution in [0.5, 0.6) is 0 Å². The van der Waals surface area contributed by atoms with E-state index in [1.807, 2.05) is 37.8 Å². The van der Waals surface area contributed by atoms with Crippen LogP contribution in [0.2, 0.25) is 0 Å². The van der Waals surface area contributed by atoms with Crippen LogP contribution in [-0.4, -0.2) is 22.4 Å². The van der Waals surface area contributed by atoms with Gasteiger partial charge in [-0.1, -0.05) is 11.6 Å². The van der Waals surface area contributed by atoms with Crippen LogP contribution in [0, 0.1) is 0 Å². The summed E-state index contributed by atoms with van der Waals surface area (Å²) in [6.45, 7) is 6.71. The van der Waals surface area contributed by atoms with Crippen molar-refractivity contribution in [1.29, 1.82) is 0 Å². The van der Waals surface area contributed by atoms with Crippen LogP contribution in [0.15, 0.2) is 36.0 Å². The third kappa shape index (κ3) is 3.85. The first-order valence-corrected chi connectivity index (χ1v) is 7.37. The zero-order valence-electron chi connectivity index (χ0n) is 13.6. The fraction of sp³-hybridized carbons (Fsp3) is 0.235. The first-order chi connectivity index (χ1) is 10.9. The maximum atomic E-state index is 11.5. The molecular formula is C17H21N5O. The lowest BCUT2D eigenvalue weighted by Crippen LogP contribution is -2.20. The molecule has 0 fully saturated rings. The number of allylic oxidation sites excluding steroid dienone is 1. The normalized spacial score (nSPS) is 10.2. The van der Waals surface area contributed by atoms with Crippen LogP contribution in [0.1, 0.15) is 36.7 Å². The summed E-state index contributed by atoms with van der Waals surface area (Å²) in [5.74, 6) is 0.475. The summed E-state index contributed by atoms with van der Waals surface area (Å²) in [7, 11) is 0. The highest BCUT2D eigenvalue weighted by atomic mass is 16.1. The fourth-order valence-electron chi connectivity index (χ4n) is 2.35. The number of hydrogen-bond donors (Lipinski definition) is 2. The van der Waals surface area contributed by atoms with Crippen LogP contribution in [-0.2, 0) is 0 Å². The second-order valence-electron chi connectivity index (χ2n) is 5.38. The summed E-state index contributed by atoms with van der Waals surface area (Å²) in [6, 6.07) is 7.18. The number of nitrogens with two attached hydrogens (primary N) is 2. The summed E-state index contributed by atoms with van der Waals surface area (Å²) < 4.78 is 0. The monoisotopic (exact) mass is 311 g/mol. The van der Waals surface area contributed by atoms with Crippen LogP contribution < -0.4 is 16.4 Å². The minimum atomic E-state index is -0.450. The highest BCUT2D eigenvalue weighted by Gasteiger charge is 2.14. The van der Waals surface area contributed by atoms with Crippen molar-refractivity contribution in [3.8, 4) is 0 Å². The largest absolute Gasteiger partial charge is 0.368 e. The third-order valence-electron chi connectivity index (χ3n) is 3.30. The molecule has 6 nitrogen and oxygen atoms in total. The number of aromatic nitrogens is 2. The van der Waals surface area contributed by atoms with E-state index in [1.54, 1.807) is 24.4 Å². The van der Waals surface area contributed by atoms with Gasteiger partial charge in [-0.25, -0.2) is 4.98 Å². The van der Waals surface area contributed by atoms with Gasteiger partial charge in [-0.3, -0.25) is 4.79 Å². The number of carbonyl (C=O) groups is 1. The Kier molecular flexibility index (Phi) is 4.95. The van der Waals surface area contributed by atoms with Crippen molar-refractivity contribution in [3.05, 3.63) is 47.2 Å². The summed E-state index contributed by atoms with van der Waals surface area (Å²) in [4.78, 5) is 21.7. The van der Waals surface area contributed by atoms with Gasteiger partial charge in [0, 0.05) is 24.0 Å². The molecule has 2 aromatic rings. The predicted molar refractivity (Wildman–Crippen MR) is 93.4 cm³/mol. The molecule has 0 aliphatic carbocycles. The summed E-state index contributed by atoms with van der Waals surface area (Å²) in [6.07, 6.45) is 3.63. The lowest BCUT2D eigenvalue weighted by Gasteiger charge is -2.24. The number of nitrogen functional groups attached to an aromatic ring is 1. The van der Waals surface area contributed by atoms with Crippen LogP contribution in [0.3, 0.4) is 0 Å². The molecule has 0 bridgehead atoms. The average Bonchev–Trinajstić information content (AvgIpc) is 2.48. The first-order valence-electron chi connectivity index (χ1n) is 7.37. The number of nitrogens with zero attached hydrogens (tertiary/aromatic N) is 3. The van der Waals surface area contributed by atoms with Crippen LogP contribution in [0.4, 0.5) is 17.5 Å². The van der Waals surface area contributed by atoms with Crippen molar-refractivity contribution in [3.63, 3.8) is 0 Å². The molecule has 120 valence electrons. The molecule has 6 heteroatoms. The molecule has 0 radical (unpaired) electrons. The van der Waals surface area contributed by atoms with Gasteiger partial charge in [0.25, 0.3) is 0 Å². The van der Waals surface area contributed by atoms with E-state index in [2.05, 4.69) is 9.97 Å². The minimum Gasteiger partial charge on any atom is -0.368 e. The van der Waals surface area contributed by atoms with Crippen molar-refractivity contribution >= 4 is 29.4 Å². The Morgan fingerprint density at radius 2 is 2.04 bits per heavy atom. The molecule has 0 saturated carbocycles. The van der Waals surface area contributed by atoms with E-state index in [9.17, 15) is 4.79 Å². The standard InChI is InChI=1S/C17H21N5O/c1-4-22(15-7-8-20-17(19)21-15)14-6-5-12(16(18)23)10-13(14)9-11(2)3/h5-10H,4H2,1-3H3,(H2,18,23)(H2,19,20,21). The average molecular weight is 311 g/mol. The van der Waals surface area contributed by atoms with Gasteiger partial charge < -0.3 is 16.4 Å². The number of amides is 1. The molecule has 1 heterocycles. The van der Waals surface area contributed by atoms with Crippen molar-refractivity contribution < 1.29 is 4.79 Å². The molecule has 0 aliphatic rings. The Morgan fingerprint density at radius 3 is 2.61 bits per heavy atom. The molecule has 23 heavy (non-hydrogen) atoms. The molecule has 1 aromatic carbocycles. The van der Waals surface area contributed by atoms with Crippen molar-refractivity contribution in [2.45, 2.75) is 20.8 Å². The van der Waals surface area contributed by atoms with E-state index in [0.717, 1.165) is 16.8 Å². The Balaban J connectivity index is 2.59. The molecule has 0 atom stereocenters. The molecule has 2 rings (SSSR count). The second-order valence-corrected chi connectivity index (χ2v) is 5.38. The van der Waals surface area contributed by atoms with Gasteiger partial charge in [0.05, 0.1) is 0 Å². The smallest absolute Gasteiger partial charge is 0.248 e. The van der Waals surface area contributed by atoms with Gasteiger partial charge in [-0.15, -0.1) is 0 Å². The van der Waals surface area contributed by atoms with Crippen molar-refractivity contribution in [1.82, 2.24) is 9.97 Å². The van der Waals surface area contributed by atoms with E-state index in [4.69, 9.17) is 11.5 Å². The Bertz CT molecular complexity index is 750. The second kappa shape index (κ2) is 6.91. The van der Waals surface area contributed by atoms with Crippen LogP contribution >= 0.6 is 0 Å². The molecule has 1 amide bonds. The number of carbonyl (C=O) groups excluding carboxylic acids is 1. The molecular weight excluding hydrogens is 290 g/mol. The zero-order valence-corrected chi connectivity index (χ0v) is 13.6. The lowest BCUT2D eigenvalue weighted by atomic mass is 10.0. The summed E-state index contributed by atoms with van der Waals surface area (Å²) >= 11 is 0. The van der Waals surface area contributed by atoms with E-state index in [-0.39, 0.29) is 5.95 Å². The highest BCUT2D eigenvalue weighted by molar-refractivity contribution is 5.94. The Labute approximate surface area is 135 Å². The predicted octanol–water partition coefficient (Wildman–Crippen LogP) is 2.74. The number of anilines is 3. The highest BCUT2D eigenvalue weighted by Crippen LogP contribution is 2.29. The maximum Gasteiger partial charge on any atom is 0.248 e. The summed E-state index contributed by atoms with van der Waals surface area (Å²) in [5.41, 5.74) is 14.5. The molecule has 1 aromatic heterocycles. The lowest BCUT2D eigenvalue weighted by molar-refractivity contribution is 0.100. The molecule has 4 N–H and O–H groups in total. The van der Waals surface area contributed by atoms with E-state index in [1.165, 1.54) is 0 Å². The minimum absolute atomic E-state index is 0.221. The van der Waals surface area contributed by atoms with Gasteiger partial charge in [-0.2, -0.15) is 4.98 Å². The third-order valence-corrected chi connectivity index (χ3v) is 3.30. The van der Waals surface area contributed by atoms with Crippen LogP contribution in [0.25, 0.3) is 6.08 Å². The van der Waals surface area contributed by atoms with Crippen molar-refractivity contribution in [2.24, 2.45) is 5.73 Å². The molecule has 0 aliphatic heterocycles. The number of rotatable bonds is 5. The number of benzene rings is 1. The van der Waals surface area contributed by atoms with Gasteiger partial charge >= 0.3 is 0 Å². The number of primary amides is 1. The van der Waals surface area contributed by atoms with E-state index in [0.29, 0.717) is 17.9 Å². The quantitative estimate of drug-likeness (QED) is 0.884. The van der Waals surface area contributed by atoms with Gasteiger partial charge in [-0.05, 0) is 50.6 Å². The van der Waals surface area contributed by atoms with E-state index >= 15 is 0 Å². The van der Waals surface area contributed by atoms with Gasteiger partial charge in [0.15, 0.2) is 0 Å². The molecule has 0 unspecified atom stereocenters. The Morgan fingerprint density at radius 1 is 1.30 bits per heavy atom. The van der Waals surface area contributed by atoms with Gasteiger partial charge in [0.2, 0.25) is 11.9 Å². The Hall–Kier alpha value is -2.89. The first kappa shape index (κ1) is 16.5. The van der Waals surface area contributed by atoms with Crippen molar-refractivity contribution in [2.75, 3.05) is 17.2 Å². The molecule has 0 saturated heterocycles. The zero-order chi connectivity index (χ0) is 17.0. The molecule has 0 spiro atoms. The van der Waals surface area contributed by atoms with E-state index < -0.39 is 5.91 Å². The van der Waals surface area contributed by atoms with Gasteiger partial charge in [0.1, 0.15) is 5.82 Å². The summed E-state index contributed by atoms with van der Waals surface area (Å²) in [5, 5.41) is 0. The number of hydrogen-bond acceptors (Lipinski definition) is 5. The fourth-order valence-corrected chi connectivity index (χ4v) is 2.35. The topological polar surface area (TPSA) is 98.1 Å².